The second-order valence-electron chi connectivity index (χ2n) is 9.52. The Morgan fingerprint density at radius 1 is 0.957 bits per heavy atom. The zero-order valence-corrected chi connectivity index (χ0v) is 15.2. The number of carbonyl (C=O) groups excluding carboxylic acids is 1. The molecule has 0 aromatic rings. The Bertz CT molecular complexity index is 472. The maximum Gasteiger partial charge on any atom is 0.302 e. The SMILES string of the molecule is CC(=O)O[C@H]1CC[C@@]2(C)[C@@H](CCC3C4CCC(C)C4CC[C@@H]32)C1. The van der Waals surface area contributed by atoms with Crippen LogP contribution in [0.2, 0.25) is 0 Å². The van der Waals surface area contributed by atoms with E-state index in [-0.39, 0.29) is 12.1 Å². The number of esters is 1. The second kappa shape index (κ2) is 5.77. The number of hydrogen-bond donors (Lipinski definition) is 0. The lowest BCUT2D eigenvalue weighted by Gasteiger charge is -2.59. The Balaban J connectivity index is 1.51. The summed E-state index contributed by atoms with van der Waals surface area (Å²) in [5.41, 5.74) is 0.524. The monoisotopic (exact) mass is 318 g/mol. The van der Waals surface area contributed by atoms with Gasteiger partial charge in [-0.05, 0) is 92.3 Å². The lowest BCUT2D eigenvalue weighted by molar-refractivity contribution is -0.157. The van der Waals surface area contributed by atoms with E-state index in [1.807, 2.05) is 0 Å². The molecule has 4 saturated carbocycles. The Hall–Kier alpha value is -0.530. The minimum atomic E-state index is -0.0901. The van der Waals surface area contributed by atoms with E-state index in [2.05, 4.69) is 13.8 Å². The van der Waals surface area contributed by atoms with Gasteiger partial charge in [0.2, 0.25) is 0 Å². The smallest absolute Gasteiger partial charge is 0.302 e. The highest BCUT2D eigenvalue weighted by Gasteiger charge is 2.56. The fourth-order valence-electron chi connectivity index (χ4n) is 7.51. The number of ether oxygens (including phenoxy) is 1. The predicted molar refractivity (Wildman–Crippen MR) is 91.8 cm³/mol. The molecule has 23 heavy (non-hydrogen) atoms. The summed E-state index contributed by atoms with van der Waals surface area (Å²) < 4.78 is 5.57. The van der Waals surface area contributed by atoms with Crippen LogP contribution in [0.1, 0.15) is 78.6 Å². The van der Waals surface area contributed by atoms with Crippen LogP contribution >= 0.6 is 0 Å². The van der Waals surface area contributed by atoms with Crippen LogP contribution < -0.4 is 0 Å². The molecule has 0 spiro atoms. The summed E-state index contributed by atoms with van der Waals surface area (Å²) in [5.74, 6) is 5.70. The Morgan fingerprint density at radius 2 is 1.70 bits per heavy atom. The van der Waals surface area contributed by atoms with Crippen molar-refractivity contribution in [2.75, 3.05) is 0 Å². The molecule has 0 N–H and O–H groups in total. The normalized spacial score (nSPS) is 52.2. The Kier molecular flexibility index (Phi) is 4.01. The molecule has 0 heterocycles. The van der Waals surface area contributed by atoms with Crippen LogP contribution in [-0.2, 0) is 9.53 Å². The van der Waals surface area contributed by atoms with Gasteiger partial charge in [0.05, 0.1) is 0 Å². The fourth-order valence-corrected chi connectivity index (χ4v) is 7.51. The molecular weight excluding hydrogens is 284 g/mol. The maximum absolute atomic E-state index is 11.3. The van der Waals surface area contributed by atoms with Crippen molar-refractivity contribution >= 4 is 5.97 Å². The molecule has 0 aromatic heterocycles. The summed E-state index contributed by atoms with van der Waals surface area (Å²) in [6.45, 7) is 6.66. The summed E-state index contributed by atoms with van der Waals surface area (Å²) in [6, 6.07) is 0. The number of fused-ring (bicyclic) bond motifs is 5. The minimum absolute atomic E-state index is 0.0901. The van der Waals surface area contributed by atoms with Crippen molar-refractivity contribution in [3.05, 3.63) is 0 Å². The van der Waals surface area contributed by atoms with Gasteiger partial charge in [0.25, 0.3) is 0 Å². The van der Waals surface area contributed by atoms with Gasteiger partial charge < -0.3 is 4.74 Å². The summed E-state index contributed by atoms with van der Waals surface area (Å²) >= 11 is 0. The van der Waals surface area contributed by atoms with E-state index < -0.39 is 0 Å². The molecule has 2 heteroatoms. The van der Waals surface area contributed by atoms with E-state index in [0.29, 0.717) is 5.41 Å². The summed E-state index contributed by atoms with van der Waals surface area (Å²) in [7, 11) is 0. The van der Waals surface area contributed by atoms with E-state index in [4.69, 9.17) is 4.74 Å². The molecule has 2 nitrogen and oxygen atoms in total. The molecule has 8 atom stereocenters. The van der Waals surface area contributed by atoms with Crippen LogP contribution in [0.3, 0.4) is 0 Å². The van der Waals surface area contributed by atoms with E-state index in [1.54, 1.807) is 6.92 Å². The fraction of sp³-hybridized carbons (Fsp3) is 0.952. The molecule has 0 radical (unpaired) electrons. The first-order valence-corrected chi connectivity index (χ1v) is 10.2. The highest BCUT2D eigenvalue weighted by atomic mass is 16.5. The highest BCUT2D eigenvalue weighted by Crippen LogP contribution is 2.63. The van der Waals surface area contributed by atoms with Gasteiger partial charge in [-0.1, -0.05) is 20.3 Å². The molecule has 130 valence electrons. The molecular formula is C21H34O2. The van der Waals surface area contributed by atoms with Crippen LogP contribution in [0.5, 0.6) is 0 Å². The number of rotatable bonds is 1. The van der Waals surface area contributed by atoms with Crippen molar-refractivity contribution in [2.45, 2.75) is 84.7 Å². The van der Waals surface area contributed by atoms with Crippen LogP contribution in [0, 0.1) is 40.9 Å². The van der Waals surface area contributed by atoms with Gasteiger partial charge in [0.1, 0.15) is 6.10 Å². The molecule has 4 fully saturated rings. The topological polar surface area (TPSA) is 26.3 Å². The molecule has 0 aromatic carbocycles. The third kappa shape index (κ3) is 2.55. The first-order chi connectivity index (χ1) is 11.0. The largest absolute Gasteiger partial charge is 0.463 e. The van der Waals surface area contributed by atoms with E-state index in [0.717, 1.165) is 48.3 Å². The maximum atomic E-state index is 11.3. The van der Waals surface area contributed by atoms with E-state index in [9.17, 15) is 4.79 Å². The molecule has 0 aliphatic heterocycles. The summed E-state index contributed by atoms with van der Waals surface area (Å²) in [5, 5.41) is 0. The number of hydrogen-bond acceptors (Lipinski definition) is 2. The van der Waals surface area contributed by atoms with Gasteiger partial charge in [0.15, 0.2) is 0 Å². The van der Waals surface area contributed by atoms with Gasteiger partial charge >= 0.3 is 5.97 Å². The van der Waals surface area contributed by atoms with Crippen LogP contribution in [0.4, 0.5) is 0 Å². The first kappa shape index (κ1) is 16.0. The lowest BCUT2D eigenvalue weighted by Crippen LogP contribution is -2.52. The van der Waals surface area contributed by atoms with Gasteiger partial charge in [-0.3, -0.25) is 4.79 Å². The van der Waals surface area contributed by atoms with Crippen molar-refractivity contribution in [3.8, 4) is 0 Å². The quantitative estimate of drug-likeness (QED) is 0.621. The third-order valence-electron chi connectivity index (χ3n) is 8.63. The molecule has 0 amide bonds. The Morgan fingerprint density at radius 3 is 2.48 bits per heavy atom. The zero-order valence-electron chi connectivity index (χ0n) is 15.2. The predicted octanol–water partition coefficient (Wildman–Crippen LogP) is 5.21. The van der Waals surface area contributed by atoms with Gasteiger partial charge in [-0.15, -0.1) is 0 Å². The zero-order chi connectivity index (χ0) is 16.2. The first-order valence-electron chi connectivity index (χ1n) is 10.2. The van der Waals surface area contributed by atoms with Crippen molar-refractivity contribution in [1.29, 1.82) is 0 Å². The molecule has 4 rings (SSSR count). The Labute approximate surface area is 141 Å². The molecule has 4 unspecified atom stereocenters. The lowest BCUT2D eigenvalue weighted by atomic mass is 9.47. The molecule has 0 saturated heterocycles. The van der Waals surface area contributed by atoms with Crippen LogP contribution in [0.25, 0.3) is 0 Å². The van der Waals surface area contributed by atoms with Gasteiger partial charge in [0, 0.05) is 6.92 Å². The van der Waals surface area contributed by atoms with Gasteiger partial charge in [-0.2, -0.15) is 0 Å². The van der Waals surface area contributed by atoms with Crippen LogP contribution in [-0.4, -0.2) is 12.1 Å². The van der Waals surface area contributed by atoms with Crippen molar-refractivity contribution < 1.29 is 9.53 Å². The van der Waals surface area contributed by atoms with Crippen molar-refractivity contribution in [1.82, 2.24) is 0 Å². The van der Waals surface area contributed by atoms with E-state index in [1.165, 1.54) is 44.9 Å². The van der Waals surface area contributed by atoms with Crippen molar-refractivity contribution in [2.24, 2.45) is 40.9 Å². The van der Waals surface area contributed by atoms with Crippen LogP contribution in [0.15, 0.2) is 0 Å². The van der Waals surface area contributed by atoms with Gasteiger partial charge in [-0.25, -0.2) is 0 Å². The molecule has 4 aliphatic rings. The average Bonchev–Trinajstić information content (AvgIpc) is 2.89. The highest BCUT2D eigenvalue weighted by molar-refractivity contribution is 5.66. The standard InChI is InChI=1S/C21H34O2/c1-13-4-6-18-17(13)8-9-20-19(18)7-5-15-12-16(23-14(2)22)10-11-21(15,20)3/h13,15-20H,4-12H2,1-3H3/t13?,15-,16-,17?,18?,19?,20-,21-/m0/s1. The summed E-state index contributed by atoms with van der Waals surface area (Å²) in [4.78, 5) is 11.3. The average molecular weight is 319 g/mol. The second-order valence-corrected chi connectivity index (χ2v) is 9.52. The molecule has 4 aliphatic carbocycles. The molecule has 0 bridgehead atoms. The third-order valence-corrected chi connectivity index (χ3v) is 8.63. The minimum Gasteiger partial charge on any atom is -0.463 e. The van der Waals surface area contributed by atoms with Crippen molar-refractivity contribution in [3.63, 3.8) is 0 Å². The summed E-state index contributed by atoms with van der Waals surface area (Å²) in [6.07, 6.45) is 12.5. The number of carbonyl (C=O) groups is 1. The van der Waals surface area contributed by atoms with E-state index >= 15 is 0 Å².